The van der Waals surface area contributed by atoms with Crippen molar-refractivity contribution in [2.45, 2.75) is 23.4 Å². The van der Waals surface area contributed by atoms with Crippen LogP contribution in [0, 0.1) is 0 Å². The number of aromatic nitrogens is 2. The molecule has 2 aliphatic heterocycles. The number of carbonyl (C=O) groups is 2. The van der Waals surface area contributed by atoms with Crippen LogP contribution in [0.5, 0.6) is 0 Å². The molecular formula is C20H22N4O5S. The van der Waals surface area contributed by atoms with E-state index in [-0.39, 0.29) is 30.4 Å². The molecular weight excluding hydrogens is 408 g/mol. The molecule has 3 heterocycles. The standard InChI is InChI=1S/C20H22N4O5S/c1-28-12-13-10-17(25)22-20(21-13)30-16-11-18(26)24(19(16)27)15-4-2-14(3-5-15)23-6-8-29-9-7-23/h2-5,10,16H,6-9,11-12H2,1H3,(H,21,22,25). The first kappa shape index (κ1) is 20.6. The van der Waals surface area contributed by atoms with E-state index in [4.69, 9.17) is 9.47 Å². The maximum atomic E-state index is 12.9. The lowest BCUT2D eigenvalue weighted by molar-refractivity contribution is -0.121. The van der Waals surface area contributed by atoms with Crippen molar-refractivity contribution in [1.82, 2.24) is 9.97 Å². The van der Waals surface area contributed by atoms with E-state index in [9.17, 15) is 14.4 Å². The van der Waals surface area contributed by atoms with Crippen LogP contribution in [0.4, 0.5) is 11.4 Å². The highest BCUT2D eigenvalue weighted by Gasteiger charge is 2.40. The predicted molar refractivity (Wildman–Crippen MR) is 112 cm³/mol. The summed E-state index contributed by atoms with van der Waals surface area (Å²) >= 11 is 1.09. The van der Waals surface area contributed by atoms with Gasteiger partial charge in [-0.1, -0.05) is 11.8 Å². The van der Waals surface area contributed by atoms with E-state index in [1.165, 1.54) is 18.1 Å². The van der Waals surface area contributed by atoms with E-state index in [1.807, 2.05) is 12.1 Å². The topological polar surface area (TPSA) is 105 Å². The quantitative estimate of drug-likeness (QED) is 0.538. The summed E-state index contributed by atoms with van der Waals surface area (Å²) in [6.45, 7) is 3.19. The number of aromatic amines is 1. The zero-order chi connectivity index (χ0) is 21.1. The van der Waals surface area contributed by atoms with Gasteiger partial charge in [0, 0.05) is 38.4 Å². The predicted octanol–water partition coefficient (Wildman–Crippen LogP) is 1.18. The van der Waals surface area contributed by atoms with Crippen LogP contribution in [0.2, 0.25) is 0 Å². The number of thioether (sulfide) groups is 1. The van der Waals surface area contributed by atoms with Crippen molar-refractivity contribution in [3.05, 3.63) is 46.4 Å². The third kappa shape index (κ3) is 4.40. The van der Waals surface area contributed by atoms with Gasteiger partial charge < -0.3 is 19.4 Å². The number of anilines is 2. The van der Waals surface area contributed by atoms with E-state index in [2.05, 4.69) is 14.9 Å². The van der Waals surface area contributed by atoms with Crippen LogP contribution in [0.1, 0.15) is 12.1 Å². The van der Waals surface area contributed by atoms with Crippen molar-refractivity contribution in [3.8, 4) is 0 Å². The van der Waals surface area contributed by atoms with Crippen LogP contribution in [-0.2, 0) is 25.7 Å². The molecule has 1 aromatic carbocycles. The molecule has 1 aromatic heterocycles. The highest BCUT2D eigenvalue weighted by Crippen LogP contribution is 2.33. The molecule has 9 nitrogen and oxygen atoms in total. The highest BCUT2D eigenvalue weighted by molar-refractivity contribution is 8.00. The van der Waals surface area contributed by atoms with Crippen molar-refractivity contribution < 1.29 is 19.1 Å². The molecule has 30 heavy (non-hydrogen) atoms. The average Bonchev–Trinajstić information content (AvgIpc) is 3.01. The lowest BCUT2D eigenvalue weighted by atomic mass is 10.2. The van der Waals surface area contributed by atoms with Crippen LogP contribution in [-0.4, -0.2) is 60.4 Å². The fraction of sp³-hybridized carbons (Fsp3) is 0.400. The number of hydrogen-bond donors (Lipinski definition) is 1. The van der Waals surface area contributed by atoms with E-state index >= 15 is 0 Å². The van der Waals surface area contributed by atoms with Gasteiger partial charge in [0.15, 0.2) is 5.16 Å². The Morgan fingerprint density at radius 2 is 1.87 bits per heavy atom. The normalized spacial score (nSPS) is 19.6. The Labute approximate surface area is 177 Å². The minimum Gasteiger partial charge on any atom is -0.378 e. The Morgan fingerprint density at radius 3 is 2.57 bits per heavy atom. The first-order valence-corrected chi connectivity index (χ1v) is 10.5. The molecule has 1 atom stereocenters. The molecule has 1 unspecified atom stereocenters. The Hall–Kier alpha value is -2.69. The third-order valence-corrected chi connectivity index (χ3v) is 5.98. The third-order valence-electron chi connectivity index (χ3n) is 4.91. The first-order valence-electron chi connectivity index (χ1n) is 9.60. The minimum atomic E-state index is -0.641. The molecule has 2 amide bonds. The smallest absolute Gasteiger partial charge is 0.251 e. The molecule has 2 saturated heterocycles. The van der Waals surface area contributed by atoms with Gasteiger partial charge >= 0.3 is 0 Å². The van der Waals surface area contributed by atoms with Crippen molar-refractivity contribution in [3.63, 3.8) is 0 Å². The molecule has 0 spiro atoms. The second kappa shape index (κ2) is 8.99. The number of rotatable bonds is 6. The van der Waals surface area contributed by atoms with Gasteiger partial charge in [-0.3, -0.25) is 14.4 Å². The molecule has 2 aromatic rings. The Kier molecular flexibility index (Phi) is 6.16. The lowest BCUT2D eigenvalue weighted by Crippen LogP contribution is -2.36. The first-order chi connectivity index (χ1) is 14.5. The average molecular weight is 430 g/mol. The number of amides is 2. The number of hydrogen-bond acceptors (Lipinski definition) is 8. The number of methoxy groups -OCH3 is 1. The summed E-state index contributed by atoms with van der Waals surface area (Å²) in [6.07, 6.45) is 0.0485. The monoisotopic (exact) mass is 430 g/mol. The Balaban J connectivity index is 1.48. The second-order valence-electron chi connectivity index (χ2n) is 6.97. The summed E-state index contributed by atoms with van der Waals surface area (Å²) in [5.74, 6) is -0.587. The van der Waals surface area contributed by atoms with Crippen molar-refractivity contribution in [2.24, 2.45) is 0 Å². The highest BCUT2D eigenvalue weighted by atomic mass is 32.2. The summed E-state index contributed by atoms with van der Waals surface area (Å²) in [5, 5.41) is -0.345. The number of carbonyl (C=O) groups excluding carboxylic acids is 2. The number of nitrogens with one attached hydrogen (secondary N) is 1. The summed E-state index contributed by atoms with van der Waals surface area (Å²) < 4.78 is 10.4. The molecule has 0 saturated carbocycles. The van der Waals surface area contributed by atoms with E-state index in [0.29, 0.717) is 29.8 Å². The molecule has 10 heteroatoms. The van der Waals surface area contributed by atoms with E-state index < -0.39 is 5.25 Å². The summed E-state index contributed by atoms with van der Waals surface area (Å²) in [4.78, 5) is 47.6. The van der Waals surface area contributed by atoms with Crippen molar-refractivity contribution in [1.29, 1.82) is 0 Å². The van der Waals surface area contributed by atoms with Gasteiger partial charge in [-0.05, 0) is 24.3 Å². The van der Waals surface area contributed by atoms with Crippen LogP contribution < -0.4 is 15.4 Å². The summed E-state index contributed by atoms with van der Waals surface area (Å²) in [6, 6.07) is 8.74. The largest absolute Gasteiger partial charge is 0.378 e. The number of morpholine rings is 1. The van der Waals surface area contributed by atoms with Crippen LogP contribution >= 0.6 is 11.8 Å². The molecule has 0 aliphatic carbocycles. The molecule has 0 bridgehead atoms. The second-order valence-corrected chi connectivity index (χ2v) is 8.16. The minimum absolute atomic E-state index is 0.0485. The zero-order valence-corrected chi connectivity index (χ0v) is 17.3. The summed E-state index contributed by atoms with van der Waals surface area (Å²) in [7, 11) is 1.51. The van der Waals surface area contributed by atoms with Gasteiger partial charge in [-0.15, -0.1) is 0 Å². The van der Waals surface area contributed by atoms with Crippen LogP contribution in [0.15, 0.2) is 40.3 Å². The number of H-pyrrole nitrogens is 1. The van der Waals surface area contributed by atoms with Gasteiger partial charge in [0.1, 0.15) is 5.25 Å². The van der Waals surface area contributed by atoms with Gasteiger partial charge in [0.25, 0.3) is 5.56 Å². The Morgan fingerprint density at radius 1 is 1.17 bits per heavy atom. The number of nitrogens with zero attached hydrogens (tertiary/aromatic N) is 3. The Bertz CT molecular complexity index is 987. The van der Waals surface area contributed by atoms with Crippen molar-refractivity contribution >= 4 is 35.0 Å². The maximum absolute atomic E-state index is 12.9. The number of ether oxygens (including phenoxy) is 2. The molecule has 158 valence electrons. The van der Waals surface area contributed by atoms with Crippen LogP contribution in [0.3, 0.4) is 0 Å². The van der Waals surface area contributed by atoms with Crippen molar-refractivity contribution in [2.75, 3.05) is 43.2 Å². The van der Waals surface area contributed by atoms with Gasteiger partial charge in [-0.2, -0.15) is 0 Å². The zero-order valence-electron chi connectivity index (χ0n) is 16.5. The van der Waals surface area contributed by atoms with Crippen LogP contribution in [0.25, 0.3) is 0 Å². The van der Waals surface area contributed by atoms with E-state index in [1.54, 1.807) is 12.1 Å². The number of imide groups is 1. The fourth-order valence-electron chi connectivity index (χ4n) is 3.50. The lowest BCUT2D eigenvalue weighted by Gasteiger charge is -2.29. The van der Waals surface area contributed by atoms with E-state index in [0.717, 1.165) is 30.5 Å². The van der Waals surface area contributed by atoms with Gasteiger partial charge in [0.2, 0.25) is 11.8 Å². The molecule has 2 fully saturated rings. The van der Waals surface area contributed by atoms with Gasteiger partial charge in [-0.25, -0.2) is 9.88 Å². The molecule has 0 radical (unpaired) electrons. The molecule has 2 aliphatic rings. The molecule has 1 N–H and O–H groups in total. The SMILES string of the molecule is COCc1cc(=O)[nH]c(SC2CC(=O)N(c3ccc(N4CCOCC4)cc3)C2=O)n1. The molecule has 4 rings (SSSR count). The number of benzene rings is 1. The van der Waals surface area contributed by atoms with Gasteiger partial charge in [0.05, 0.1) is 31.2 Å². The summed E-state index contributed by atoms with van der Waals surface area (Å²) in [5.41, 5.74) is 1.71. The fourth-order valence-corrected chi connectivity index (χ4v) is 4.53. The maximum Gasteiger partial charge on any atom is 0.251 e.